The SMILES string of the molecule is NC(=NCCS(=O)(=O)N1CCSCC1)NCCc1ccccc1. The maximum Gasteiger partial charge on any atom is 0.215 e. The molecule has 1 aromatic rings. The Morgan fingerprint density at radius 1 is 1.26 bits per heavy atom. The molecule has 0 aromatic heterocycles. The van der Waals surface area contributed by atoms with Gasteiger partial charge in [0.2, 0.25) is 10.0 Å². The van der Waals surface area contributed by atoms with Crippen LogP contribution in [0.3, 0.4) is 0 Å². The van der Waals surface area contributed by atoms with Crippen LogP contribution >= 0.6 is 11.8 Å². The number of nitrogens with one attached hydrogen (secondary N) is 1. The highest BCUT2D eigenvalue weighted by molar-refractivity contribution is 7.99. The Labute approximate surface area is 142 Å². The predicted octanol–water partition coefficient (Wildman–Crippen LogP) is 0.512. The number of hydrogen-bond donors (Lipinski definition) is 2. The summed E-state index contributed by atoms with van der Waals surface area (Å²) in [6.07, 6.45) is 0.848. The quantitative estimate of drug-likeness (QED) is 0.549. The van der Waals surface area contributed by atoms with Gasteiger partial charge in [-0.15, -0.1) is 0 Å². The summed E-state index contributed by atoms with van der Waals surface area (Å²) >= 11 is 1.79. The number of nitrogens with two attached hydrogens (primary N) is 1. The third-order valence-electron chi connectivity index (χ3n) is 3.56. The highest BCUT2D eigenvalue weighted by Gasteiger charge is 2.23. The van der Waals surface area contributed by atoms with Gasteiger partial charge in [0.1, 0.15) is 0 Å². The standard InChI is InChI=1S/C15H24N4O2S2/c16-15(17-7-6-14-4-2-1-3-5-14)18-8-13-23(20,21)19-9-11-22-12-10-19/h1-5H,6-13H2,(H3,16,17,18). The van der Waals surface area contributed by atoms with Gasteiger partial charge in [0.25, 0.3) is 0 Å². The number of rotatable bonds is 7. The fourth-order valence-electron chi connectivity index (χ4n) is 2.27. The van der Waals surface area contributed by atoms with Gasteiger partial charge >= 0.3 is 0 Å². The minimum absolute atomic E-state index is 0.0126. The highest BCUT2D eigenvalue weighted by atomic mass is 32.2. The zero-order chi connectivity index (χ0) is 16.5. The largest absolute Gasteiger partial charge is 0.370 e. The fraction of sp³-hybridized carbons (Fsp3) is 0.533. The van der Waals surface area contributed by atoms with Crippen molar-refractivity contribution in [2.24, 2.45) is 10.7 Å². The Hall–Kier alpha value is -1.25. The summed E-state index contributed by atoms with van der Waals surface area (Å²) in [6.45, 7) is 2.06. The predicted molar refractivity (Wildman–Crippen MR) is 97.3 cm³/mol. The Balaban J connectivity index is 1.69. The van der Waals surface area contributed by atoms with Gasteiger partial charge in [-0.25, -0.2) is 12.7 Å². The molecule has 0 bridgehead atoms. The first-order valence-corrected chi connectivity index (χ1v) is 10.5. The normalized spacial score (nSPS) is 17.1. The second-order valence-electron chi connectivity index (χ2n) is 5.26. The summed E-state index contributed by atoms with van der Waals surface area (Å²) in [5.41, 5.74) is 6.99. The van der Waals surface area contributed by atoms with Crippen LogP contribution in [0, 0.1) is 0 Å². The molecule has 2 rings (SSSR count). The lowest BCUT2D eigenvalue weighted by Crippen LogP contribution is -2.40. The van der Waals surface area contributed by atoms with E-state index in [2.05, 4.69) is 22.4 Å². The molecular weight excluding hydrogens is 332 g/mol. The Morgan fingerprint density at radius 2 is 1.96 bits per heavy atom. The van der Waals surface area contributed by atoms with Gasteiger partial charge in [-0.05, 0) is 12.0 Å². The average molecular weight is 357 g/mol. The second-order valence-corrected chi connectivity index (χ2v) is 8.57. The van der Waals surface area contributed by atoms with Crippen molar-refractivity contribution < 1.29 is 8.42 Å². The summed E-state index contributed by atoms with van der Waals surface area (Å²) in [6, 6.07) is 10.1. The lowest BCUT2D eigenvalue weighted by Gasteiger charge is -2.25. The van der Waals surface area contributed by atoms with Gasteiger partial charge in [-0.2, -0.15) is 11.8 Å². The van der Waals surface area contributed by atoms with Crippen LogP contribution in [0.4, 0.5) is 0 Å². The molecule has 1 aromatic carbocycles. The molecule has 6 nitrogen and oxygen atoms in total. The average Bonchev–Trinajstić information content (AvgIpc) is 2.56. The van der Waals surface area contributed by atoms with Crippen LogP contribution in [0.5, 0.6) is 0 Å². The van der Waals surface area contributed by atoms with Crippen LogP contribution < -0.4 is 11.1 Å². The fourth-order valence-corrected chi connectivity index (χ4v) is 4.72. The van der Waals surface area contributed by atoms with E-state index in [1.807, 2.05) is 18.2 Å². The van der Waals surface area contributed by atoms with Crippen LogP contribution in [0.15, 0.2) is 35.3 Å². The molecule has 0 amide bonds. The smallest absolute Gasteiger partial charge is 0.215 e. The van der Waals surface area contributed by atoms with Gasteiger partial charge in [0.15, 0.2) is 5.96 Å². The van der Waals surface area contributed by atoms with Crippen LogP contribution in [-0.4, -0.2) is 62.1 Å². The summed E-state index contributed by atoms with van der Waals surface area (Å²) in [5.74, 6) is 2.04. The molecule has 1 saturated heterocycles. The van der Waals surface area contributed by atoms with Gasteiger partial charge in [0, 0.05) is 31.1 Å². The number of thioether (sulfide) groups is 1. The van der Waals surface area contributed by atoms with Crippen molar-refractivity contribution in [3.8, 4) is 0 Å². The molecule has 1 aliphatic heterocycles. The van der Waals surface area contributed by atoms with Crippen LogP contribution in [0.2, 0.25) is 0 Å². The van der Waals surface area contributed by atoms with Crippen molar-refractivity contribution in [2.45, 2.75) is 6.42 Å². The topological polar surface area (TPSA) is 87.8 Å². The summed E-state index contributed by atoms with van der Waals surface area (Å²) in [5, 5.41) is 3.01. The molecular formula is C15H24N4O2S2. The zero-order valence-corrected chi connectivity index (χ0v) is 14.8. The van der Waals surface area contributed by atoms with Crippen molar-refractivity contribution in [3.05, 3.63) is 35.9 Å². The van der Waals surface area contributed by atoms with Gasteiger partial charge in [-0.1, -0.05) is 30.3 Å². The van der Waals surface area contributed by atoms with E-state index in [4.69, 9.17) is 5.73 Å². The van der Waals surface area contributed by atoms with Crippen LogP contribution in [-0.2, 0) is 16.4 Å². The number of nitrogens with zero attached hydrogens (tertiary/aromatic N) is 2. The van der Waals surface area contributed by atoms with Gasteiger partial charge < -0.3 is 11.1 Å². The molecule has 0 unspecified atom stereocenters. The van der Waals surface area contributed by atoms with Crippen molar-refractivity contribution in [1.29, 1.82) is 0 Å². The molecule has 0 aliphatic carbocycles. The van der Waals surface area contributed by atoms with E-state index < -0.39 is 10.0 Å². The summed E-state index contributed by atoms with van der Waals surface area (Å²) in [4.78, 5) is 4.11. The van der Waals surface area contributed by atoms with E-state index >= 15 is 0 Å². The third kappa shape index (κ3) is 6.40. The highest BCUT2D eigenvalue weighted by Crippen LogP contribution is 2.13. The van der Waals surface area contributed by atoms with E-state index in [1.165, 1.54) is 5.56 Å². The molecule has 8 heteroatoms. The molecule has 0 spiro atoms. The third-order valence-corrected chi connectivity index (χ3v) is 6.35. The Bertz CT molecular complexity index is 599. The van der Waals surface area contributed by atoms with Crippen molar-refractivity contribution >= 4 is 27.7 Å². The molecule has 0 atom stereocenters. The molecule has 1 heterocycles. The first-order valence-electron chi connectivity index (χ1n) is 7.71. The van der Waals surface area contributed by atoms with Crippen LogP contribution in [0.25, 0.3) is 0 Å². The minimum atomic E-state index is -3.21. The molecule has 1 fully saturated rings. The molecule has 1 aliphatic rings. The minimum Gasteiger partial charge on any atom is -0.370 e. The van der Waals surface area contributed by atoms with E-state index in [1.54, 1.807) is 16.1 Å². The number of sulfonamides is 1. The molecule has 0 radical (unpaired) electrons. The number of aliphatic imine (C=N–C) groups is 1. The lowest BCUT2D eigenvalue weighted by molar-refractivity contribution is 0.444. The first-order chi connectivity index (χ1) is 11.1. The number of benzene rings is 1. The molecule has 0 saturated carbocycles. The van der Waals surface area contributed by atoms with Crippen LogP contribution in [0.1, 0.15) is 5.56 Å². The van der Waals surface area contributed by atoms with Gasteiger partial charge in [-0.3, -0.25) is 4.99 Å². The zero-order valence-electron chi connectivity index (χ0n) is 13.1. The molecule has 23 heavy (non-hydrogen) atoms. The number of guanidine groups is 1. The Morgan fingerprint density at radius 3 is 2.65 bits per heavy atom. The molecule has 128 valence electrons. The van der Waals surface area contributed by atoms with Crippen molar-refractivity contribution in [1.82, 2.24) is 9.62 Å². The summed E-state index contributed by atoms with van der Waals surface area (Å²) in [7, 11) is -3.21. The molecule has 3 N–H and O–H groups in total. The van der Waals surface area contributed by atoms with E-state index in [9.17, 15) is 8.42 Å². The van der Waals surface area contributed by atoms with Gasteiger partial charge in [0.05, 0.1) is 12.3 Å². The first kappa shape index (κ1) is 18.1. The second kappa shape index (κ2) is 9.14. The van der Waals surface area contributed by atoms with Crippen molar-refractivity contribution in [3.63, 3.8) is 0 Å². The van der Waals surface area contributed by atoms with E-state index in [0.717, 1.165) is 17.9 Å². The lowest BCUT2D eigenvalue weighted by atomic mass is 10.1. The van der Waals surface area contributed by atoms with E-state index in [0.29, 0.717) is 25.6 Å². The summed E-state index contributed by atoms with van der Waals surface area (Å²) < 4.78 is 25.9. The maximum absolute atomic E-state index is 12.2. The Kier molecular flexibility index (Phi) is 7.19. The monoisotopic (exact) mass is 356 g/mol. The number of hydrogen-bond acceptors (Lipinski definition) is 4. The van der Waals surface area contributed by atoms with Crippen molar-refractivity contribution in [2.75, 3.05) is 43.4 Å². The van der Waals surface area contributed by atoms with E-state index in [-0.39, 0.29) is 12.3 Å². The maximum atomic E-state index is 12.2.